The lowest BCUT2D eigenvalue weighted by Gasteiger charge is -2.25. The molecule has 2 rings (SSSR count). The Balaban J connectivity index is 1.93. The van der Waals surface area contributed by atoms with E-state index in [1.807, 2.05) is 0 Å². The number of amides is 2. The van der Waals surface area contributed by atoms with E-state index in [4.69, 9.17) is 4.74 Å². The van der Waals surface area contributed by atoms with Crippen molar-refractivity contribution in [2.75, 3.05) is 31.6 Å². The molecule has 1 N–H and O–H groups in total. The van der Waals surface area contributed by atoms with E-state index in [1.54, 1.807) is 0 Å². The van der Waals surface area contributed by atoms with E-state index >= 15 is 0 Å². The lowest BCUT2D eigenvalue weighted by atomic mass is 10.4. The molecule has 2 heterocycles. The average Bonchev–Trinajstić information content (AvgIpc) is 2.40. The molecule has 0 spiro atoms. The number of hydrogen-bond donors (Lipinski definition) is 1. The van der Waals surface area contributed by atoms with Crippen LogP contribution >= 0.6 is 0 Å². The van der Waals surface area contributed by atoms with Crippen molar-refractivity contribution in [3.05, 3.63) is 18.6 Å². The zero-order valence-electron chi connectivity index (χ0n) is 9.13. The number of carbonyl (C=O) groups excluding carboxylic acids is 2. The van der Waals surface area contributed by atoms with E-state index < -0.39 is 11.8 Å². The van der Waals surface area contributed by atoms with Gasteiger partial charge in [-0.2, -0.15) is 0 Å². The Morgan fingerprint density at radius 2 is 2.06 bits per heavy atom. The second-order valence-corrected chi connectivity index (χ2v) is 3.45. The van der Waals surface area contributed by atoms with Crippen LogP contribution < -0.4 is 5.32 Å². The SMILES string of the molecule is O=C(Nc1cnccn1)C(=O)N1CCOCC1. The molecule has 1 aliphatic rings. The van der Waals surface area contributed by atoms with Gasteiger partial charge in [0.2, 0.25) is 0 Å². The molecular weight excluding hydrogens is 224 g/mol. The summed E-state index contributed by atoms with van der Waals surface area (Å²) in [5, 5.41) is 2.39. The summed E-state index contributed by atoms with van der Waals surface area (Å²) >= 11 is 0. The standard InChI is InChI=1S/C10H12N4O3/c15-9(13-8-7-11-1-2-12-8)10(16)14-3-5-17-6-4-14/h1-2,7H,3-6H2,(H,12,13,15). The number of hydrogen-bond acceptors (Lipinski definition) is 5. The first-order valence-corrected chi connectivity index (χ1v) is 5.21. The fraction of sp³-hybridized carbons (Fsp3) is 0.400. The Morgan fingerprint density at radius 3 is 2.71 bits per heavy atom. The van der Waals surface area contributed by atoms with E-state index in [0.29, 0.717) is 26.3 Å². The summed E-state index contributed by atoms with van der Waals surface area (Å²) in [6, 6.07) is 0. The van der Waals surface area contributed by atoms with E-state index in [2.05, 4.69) is 15.3 Å². The van der Waals surface area contributed by atoms with Gasteiger partial charge in [-0.3, -0.25) is 14.6 Å². The number of nitrogens with one attached hydrogen (secondary N) is 1. The second kappa shape index (κ2) is 5.35. The highest BCUT2D eigenvalue weighted by Gasteiger charge is 2.23. The minimum atomic E-state index is -0.701. The van der Waals surface area contributed by atoms with Crippen LogP contribution in [0.3, 0.4) is 0 Å². The van der Waals surface area contributed by atoms with Crippen molar-refractivity contribution in [1.82, 2.24) is 14.9 Å². The molecule has 1 aromatic heterocycles. The topological polar surface area (TPSA) is 84.4 Å². The third-order valence-electron chi connectivity index (χ3n) is 2.30. The van der Waals surface area contributed by atoms with E-state index in [0.717, 1.165) is 0 Å². The smallest absolute Gasteiger partial charge is 0.315 e. The second-order valence-electron chi connectivity index (χ2n) is 3.45. The largest absolute Gasteiger partial charge is 0.378 e. The lowest BCUT2D eigenvalue weighted by Crippen LogP contribution is -2.45. The summed E-state index contributed by atoms with van der Waals surface area (Å²) in [7, 11) is 0. The third-order valence-corrected chi connectivity index (χ3v) is 2.30. The van der Waals surface area contributed by atoms with Crippen molar-refractivity contribution >= 4 is 17.6 Å². The van der Waals surface area contributed by atoms with Crippen molar-refractivity contribution < 1.29 is 14.3 Å². The van der Waals surface area contributed by atoms with Gasteiger partial charge in [-0.25, -0.2) is 4.98 Å². The highest BCUT2D eigenvalue weighted by Crippen LogP contribution is 2.01. The van der Waals surface area contributed by atoms with Gasteiger partial charge in [-0.15, -0.1) is 0 Å². The predicted octanol–water partition coefficient (Wildman–Crippen LogP) is -0.726. The Bertz CT molecular complexity index is 403. The van der Waals surface area contributed by atoms with Gasteiger partial charge >= 0.3 is 11.8 Å². The fourth-order valence-corrected chi connectivity index (χ4v) is 1.44. The number of carbonyl (C=O) groups is 2. The molecule has 1 aromatic rings. The molecule has 0 aromatic carbocycles. The summed E-state index contributed by atoms with van der Waals surface area (Å²) in [5.41, 5.74) is 0. The molecule has 0 atom stereocenters. The molecule has 0 saturated carbocycles. The Kier molecular flexibility index (Phi) is 3.61. The van der Waals surface area contributed by atoms with Crippen LogP contribution in [-0.4, -0.2) is 53.0 Å². The summed E-state index contributed by atoms with van der Waals surface area (Å²) in [4.78, 5) is 32.4. The quantitative estimate of drug-likeness (QED) is 0.650. The zero-order chi connectivity index (χ0) is 12.1. The van der Waals surface area contributed by atoms with Gasteiger partial charge in [0.25, 0.3) is 0 Å². The van der Waals surface area contributed by atoms with Crippen LogP contribution in [0.25, 0.3) is 0 Å². The van der Waals surface area contributed by atoms with E-state index in [9.17, 15) is 9.59 Å². The van der Waals surface area contributed by atoms with Gasteiger partial charge in [0.05, 0.1) is 19.4 Å². The number of anilines is 1. The molecule has 90 valence electrons. The molecule has 0 unspecified atom stereocenters. The van der Waals surface area contributed by atoms with Gasteiger partial charge in [-0.1, -0.05) is 0 Å². The number of rotatable bonds is 1. The van der Waals surface area contributed by atoms with E-state index in [-0.39, 0.29) is 5.82 Å². The summed E-state index contributed by atoms with van der Waals surface area (Å²) in [5.74, 6) is -1.01. The van der Waals surface area contributed by atoms with Gasteiger partial charge in [0.1, 0.15) is 0 Å². The molecule has 2 amide bonds. The van der Waals surface area contributed by atoms with Crippen LogP contribution in [0.4, 0.5) is 5.82 Å². The lowest BCUT2D eigenvalue weighted by molar-refractivity contribution is -0.145. The monoisotopic (exact) mass is 236 g/mol. The molecule has 1 saturated heterocycles. The van der Waals surface area contributed by atoms with E-state index in [1.165, 1.54) is 23.5 Å². The first-order chi connectivity index (χ1) is 8.27. The van der Waals surface area contributed by atoms with Crippen LogP contribution in [0.5, 0.6) is 0 Å². The Morgan fingerprint density at radius 1 is 1.29 bits per heavy atom. The van der Waals surface area contributed by atoms with Crippen molar-refractivity contribution in [3.8, 4) is 0 Å². The summed E-state index contributed by atoms with van der Waals surface area (Å²) in [6.07, 6.45) is 4.30. The Hall–Kier alpha value is -2.02. The van der Waals surface area contributed by atoms with Crippen LogP contribution in [0, 0.1) is 0 Å². The average molecular weight is 236 g/mol. The van der Waals surface area contributed by atoms with Crippen LogP contribution in [0.15, 0.2) is 18.6 Å². The van der Waals surface area contributed by atoms with Crippen LogP contribution in [0.2, 0.25) is 0 Å². The third kappa shape index (κ3) is 2.97. The molecule has 7 nitrogen and oxygen atoms in total. The molecule has 0 bridgehead atoms. The maximum Gasteiger partial charge on any atom is 0.315 e. The molecule has 7 heteroatoms. The van der Waals surface area contributed by atoms with Gasteiger partial charge in [-0.05, 0) is 0 Å². The summed E-state index contributed by atoms with van der Waals surface area (Å²) < 4.78 is 5.10. The highest BCUT2D eigenvalue weighted by molar-refractivity contribution is 6.39. The highest BCUT2D eigenvalue weighted by atomic mass is 16.5. The van der Waals surface area contributed by atoms with Crippen molar-refractivity contribution in [2.45, 2.75) is 0 Å². The predicted molar refractivity (Wildman–Crippen MR) is 58.1 cm³/mol. The minimum absolute atomic E-state index is 0.263. The number of morpholine rings is 1. The summed E-state index contributed by atoms with van der Waals surface area (Å²) in [6.45, 7) is 1.80. The maximum absolute atomic E-state index is 11.7. The van der Waals surface area contributed by atoms with Crippen molar-refractivity contribution in [3.63, 3.8) is 0 Å². The normalized spacial score (nSPS) is 15.4. The van der Waals surface area contributed by atoms with Crippen molar-refractivity contribution in [2.24, 2.45) is 0 Å². The van der Waals surface area contributed by atoms with Crippen molar-refractivity contribution in [1.29, 1.82) is 0 Å². The Labute approximate surface area is 97.8 Å². The van der Waals surface area contributed by atoms with Gasteiger partial charge < -0.3 is 15.0 Å². The van der Waals surface area contributed by atoms with Gasteiger partial charge in [0, 0.05) is 25.5 Å². The number of ether oxygens (including phenoxy) is 1. The number of aromatic nitrogens is 2. The molecular formula is C10H12N4O3. The first kappa shape index (κ1) is 11.5. The maximum atomic E-state index is 11.7. The number of nitrogens with zero attached hydrogens (tertiary/aromatic N) is 3. The molecule has 17 heavy (non-hydrogen) atoms. The minimum Gasteiger partial charge on any atom is -0.378 e. The molecule has 0 radical (unpaired) electrons. The van der Waals surface area contributed by atoms with Crippen LogP contribution in [0.1, 0.15) is 0 Å². The molecule has 1 aliphatic heterocycles. The fourth-order valence-electron chi connectivity index (χ4n) is 1.44. The first-order valence-electron chi connectivity index (χ1n) is 5.21. The molecule has 1 fully saturated rings. The molecule has 0 aliphatic carbocycles. The van der Waals surface area contributed by atoms with Crippen LogP contribution in [-0.2, 0) is 14.3 Å². The van der Waals surface area contributed by atoms with Gasteiger partial charge in [0.15, 0.2) is 5.82 Å². The zero-order valence-corrected chi connectivity index (χ0v) is 9.13.